The summed E-state index contributed by atoms with van der Waals surface area (Å²) in [6, 6.07) is 7.71. The van der Waals surface area contributed by atoms with Gasteiger partial charge < -0.3 is 0 Å². The predicted molar refractivity (Wildman–Crippen MR) is 66.1 cm³/mol. The molecule has 86 valence electrons. The molecule has 0 aliphatic heterocycles. The molecular formula is C14H14N2O. The number of carbonyl (C=O) groups is 1. The Kier molecular flexibility index (Phi) is 2.32. The van der Waals surface area contributed by atoms with Crippen LogP contribution in [0.15, 0.2) is 24.3 Å². The van der Waals surface area contributed by atoms with Gasteiger partial charge in [-0.1, -0.05) is 18.2 Å². The van der Waals surface area contributed by atoms with E-state index < -0.39 is 0 Å². The van der Waals surface area contributed by atoms with Gasteiger partial charge in [-0.05, 0) is 31.4 Å². The van der Waals surface area contributed by atoms with E-state index in [2.05, 4.69) is 10.2 Å². The Morgan fingerprint density at radius 1 is 1.41 bits per heavy atom. The van der Waals surface area contributed by atoms with E-state index in [-0.39, 0.29) is 0 Å². The summed E-state index contributed by atoms with van der Waals surface area (Å²) in [4.78, 5) is 10.8. The molecule has 1 N–H and O–H groups in total. The average molecular weight is 226 g/mol. The third-order valence-electron chi connectivity index (χ3n) is 3.27. The Morgan fingerprint density at radius 2 is 2.24 bits per heavy atom. The van der Waals surface area contributed by atoms with Gasteiger partial charge in [0.25, 0.3) is 0 Å². The lowest BCUT2D eigenvalue weighted by Gasteiger charge is -2.04. The Morgan fingerprint density at radius 3 is 2.94 bits per heavy atom. The Balaban J connectivity index is 2.13. The molecule has 2 aromatic rings. The highest BCUT2D eigenvalue weighted by Crippen LogP contribution is 2.44. The number of hydrogen-bond acceptors (Lipinski definition) is 2. The number of aryl methyl sites for hydroxylation is 1. The largest absolute Gasteiger partial charge is 0.298 e. The van der Waals surface area contributed by atoms with Gasteiger partial charge in [0.2, 0.25) is 0 Å². The van der Waals surface area contributed by atoms with Crippen molar-refractivity contribution in [1.82, 2.24) is 10.2 Å². The molecule has 1 heterocycles. The topological polar surface area (TPSA) is 45.8 Å². The van der Waals surface area contributed by atoms with Crippen LogP contribution >= 0.6 is 0 Å². The monoisotopic (exact) mass is 226 g/mol. The molecule has 0 spiro atoms. The number of carbonyl (C=O) groups excluding carboxylic acids is 1. The summed E-state index contributed by atoms with van der Waals surface area (Å²) in [5, 5.41) is 7.43. The molecule has 1 aliphatic carbocycles. The molecule has 1 fully saturated rings. The van der Waals surface area contributed by atoms with E-state index in [4.69, 9.17) is 0 Å². The van der Waals surface area contributed by atoms with Crippen molar-refractivity contribution in [1.29, 1.82) is 0 Å². The summed E-state index contributed by atoms with van der Waals surface area (Å²) in [6.07, 6.45) is 3.36. The van der Waals surface area contributed by atoms with Gasteiger partial charge in [-0.15, -0.1) is 0 Å². The highest BCUT2D eigenvalue weighted by molar-refractivity contribution is 5.80. The van der Waals surface area contributed by atoms with E-state index in [1.807, 2.05) is 31.2 Å². The van der Waals surface area contributed by atoms with Gasteiger partial charge in [0, 0.05) is 22.7 Å². The summed E-state index contributed by atoms with van der Waals surface area (Å²) in [5.74, 6) is 0.631. The summed E-state index contributed by atoms with van der Waals surface area (Å²) >= 11 is 0. The molecule has 0 unspecified atom stereocenters. The zero-order valence-corrected chi connectivity index (χ0v) is 9.73. The molecule has 0 atom stereocenters. The van der Waals surface area contributed by atoms with Gasteiger partial charge in [0.1, 0.15) is 6.29 Å². The SMILES string of the molecule is Cc1n[nH]c(C2CC2)c1-c1cccc(C=O)c1. The highest BCUT2D eigenvalue weighted by Gasteiger charge is 2.29. The summed E-state index contributed by atoms with van der Waals surface area (Å²) < 4.78 is 0. The highest BCUT2D eigenvalue weighted by atomic mass is 16.1. The molecule has 0 radical (unpaired) electrons. The number of rotatable bonds is 3. The van der Waals surface area contributed by atoms with Crippen LogP contribution in [-0.4, -0.2) is 16.5 Å². The molecule has 0 amide bonds. The molecule has 0 bridgehead atoms. The smallest absolute Gasteiger partial charge is 0.150 e. The molecule has 17 heavy (non-hydrogen) atoms. The van der Waals surface area contributed by atoms with Crippen molar-refractivity contribution in [3.63, 3.8) is 0 Å². The third-order valence-corrected chi connectivity index (χ3v) is 3.27. The standard InChI is InChI=1S/C14H14N2O/c1-9-13(14(16-15-9)11-5-6-11)12-4-2-3-10(7-12)8-17/h2-4,7-8,11H,5-6H2,1H3,(H,15,16). The maximum atomic E-state index is 10.8. The second kappa shape index (κ2) is 3.84. The van der Waals surface area contributed by atoms with Crippen molar-refractivity contribution >= 4 is 6.29 Å². The Bertz CT molecular complexity index is 567. The zero-order valence-electron chi connectivity index (χ0n) is 9.73. The van der Waals surface area contributed by atoms with Crippen LogP contribution < -0.4 is 0 Å². The van der Waals surface area contributed by atoms with E-state index in [9.17, 15) is 4.79 Å². The first kappa shape index (κ1) is 10.3. The van der Waals surface area contributed by atoms with Crippen LogP contribution in [0.2, 0.25) is 0 Å². The molecule has 0 saturated heterocycles. The minimum atomic E-state index is 0.631. The van der Waals surface area contributed by atoms with Crippen LogP contribution in [-0.2, 0) is 0 Å². The Hall–Kier alpha value is -1.90. The number of benzene rings is 1. The van der Waals surface area contributed by atoms with Crippen LogP contribution in [0.25, 0.3) is 11.1 Å². The summed E-state index contributed by atoms with van der Waals surface area (Å²) in [7, 11) is 0. The maximum Gasteiger partial charge on any atom is 0.150 e. The van der Waals surface area contributed by atoms with Crippen molar-refractivity contribution in [3.05, 3.63) is 41.2 Å². The number of nitrogens with zero attached hydrogens (tertiary/aromatic N) is 1. The number of aromatic amines is 1. The maximum absolute atomic E-state index is 10.8. The second-order valence-electron chi connectivity index (χ2n) is 4.62. The van der Waals surface area contributed by atoms with E-state index in [1.165, 1.54) is 24.1 Å². The molecule has 1 aliphatic rings. The van der Waals surface area contributed by atoms with E-state index in [1.54, 1.807) is 0 Å². The van der Waals surface area contributed by atoms with Crippen molar-refractivity contribution in [2.24, 2.45) is 0 Å². The first-order valence-electron chi connectivity index (χ1n) is 5.90. The summed E-state index contributed by atoms with van der Waals surface area (Å²) in [6.45, 7) is 2.01. The summed E-state index contributed by atoms with van der Waals surface area (Å²) in [5.41, 5.74) is 5.21. The number of hydrogen-bond donors (Lipinski definition) is 1. The fourth-order valence-corrected chi connectivity index (χ4v) is 2.25. The average Bonchev–Trinajstić information content (AvgIpc) is 3.13. The fourth-order valence-electron chi connectivity index (χ4n) is 2.25. The molecule has 3 rings (SSSR count). The minimum Gasteiger partial charge on any atom is -0.298 e. The molecule has 1 aromatic carbocycles. The zero-order chi connectivity index (χ0) is 11.8. The van der Waals surface area contributed by atoms with Gasteiger partial charge in [0.15, 0.2) is 0 Å². The lowest BCUT2D eigenvalue weighted by atomic mass is 10.00. The quantitative estimate of drug-likeness (QED) is 0.817. The number of aldehydes is 1. The van der Waals surface area contributed by atoms with E-state index >= 15 is 0 Å². The Labute approximate surface area is 99.9 Å². The van der Waals surface area contributed by atoms with Crippen molar-refractivity contribution in [2.75, 3.05) is 0 Å². The van der Waals surface area contributed by atoms with Gasteiger partial charge in [-0.3, -0.25) is 9.89 Å². The third kappa shape index (κ3) is 1.78. The van der Waals surface area contributed by atoms with Crippen molar-refractivity contribution < 1.29 is 4.79 Å². The normalized spacial score (nSPS) is 14.9. The molecule has 1 saturated carbocycles. The lowest BCUT2D eigenvalue weighted by molar-refractivity contribution is 0.112. The van der Waals surface area contributed by atoms with Crippen LogP contribution in [0.3, 0.4) is 0 Å². The second-order valence-corrected chi connectivity index (χ2v) is 4.62. The predicted octanol–water partition coefficient (Wildman–Crippen LogP) is 3.08. The first-order chi connectivity index (χ1) is 8.29. The van der Waals surface area contributed by atoms with Gasteiger partial charge >= 0.3 is 0 Å². The van der Waals surface area contributed by atoms with Gasteiger partial charge in [-0.25, -0.2) is 0 Å². The number of aromatic nitrogens is 2. The van der Waals surface area contributed by atoms with Crippen LogP contribution in [0.1, 0.15) is 40.5 Å². The van der Waals surface area contributed by atoms with Crippen molar-refractivity contribution in [3.8, 4) is 11.1 Å². The fraction of sp³-hybridized carbons (Fsp3) is 0.286. The molecule has 3 nitrogen and oxygen atoms in total. The molecule has 3 heteroatoms. The van der Waals surface area contributed by atoms with Crippen molar-refractivity contribution in [2.45, 2.75) is 25.7 Å². The number of H-pyrrole nitrogens is 1. The minimum absolute atomic E-state index is 0.631. The first-order valence-corrected chi connectivity index (χ1v) is 5.90. The van der Waals surface area contributed by atoms with Crippen LogP contribution in [0.5, 0.6) is 0 Å². The molecular weight excluding hydrogens is 212 g/mol. The van der Waals surface area contributed by atoms with Crippen LogP contribution in [0.4, 0.5) is 0 Å². The lowest BCUT2D eigenvalue weighted by Crippen LogP contribution is -1.88. The van der Waals surface area contributed by atoms with Gasteiger partial charge in [-0.2, -0.15) is 5.10 Å². The van der Waals surface area contributed by atoms with Crippen LogP contribution in [0, 0.1) is 6.92 Å². The number of nitrogens with one attached hydrogen (secondary N) is 1. The van der Waals surface area contributed by atoms with E-state index in [0.717, 1.165) is 17.5 Å². The van der Waals surface area contributed by atoms with E-state index in [0.29, 0.717) is 11.5 Å². The molecule has 1 aromatic heterocycles. The van der Waals surface area contributed by atoms with Gasteiger partial charge in [0.05, 0.1) is 5.69 Å².